The number of hydrogen-bond donors (Lipinski definition) is 1. The lowest BCUT2D eigenvalue weighted by molar-refractivity contribution is -0.126. The molecule has 0 aliphatic heterocycles. The van der Waals surface area contributed by atoms with Crippen LogP contribution in [0.5, 0.6) is 0 Å². The summed E-state index contributed by atoms with van der Waals surface area (Å²) in [5.74, 6) is 0.186. The van der Waals surface area contributed by atoms with E-state index in [0.717, 1.165) is 31.2 Å². The second-order valence-corrected chi connectivity index (χ2v) is 5.16. The molecule has 0 unspecified atom stereocenters. The van der Waals surface area contributed by atoms with Gasteiger partial charge in [-0.1, -0.05) is 43.3 Å². The number of nitrogens with two attached hydrogens (primary N) is 1. The van der Waals surface area contributed by atoms with Crippen molar-refractivity contribution in [3.8, 4) is 0 Å². The number of allylic oxidation sites excluding steroid dienone is 1. The van der Waals surface area contributed by atoms with E-state index in [1.54, 1.807) is 0 Å². The molecule has 0 spiro atoms. The minimum atomic E-state index is -0.527. The number of Topliss-reactive ketones (excluding diaryl/α,β-unsaturated/α-hetero) is 1. The van der Waals surface area contributed by atoms with Crippen LogP contribution in [0.2, 0.25) is 0 Å². The van der Waals surface area contributed by atoms with E-state index in [1.165, 1.54) is 5.56 Å². The largest absolute Gasteiger partial charge is 0.319 e. The van der Waals surface area contributed by atoms with E-state index in [9.17, 15) is 4.79 Å². The summed E-state index contributed by atoms with van der Waals surface area (Å²) in [7, 11) is 0. The van der Waals surface area contributed by atoms with Crippen molar-refractivity contribution >= 4 is 11.9 Å². The Labute approximate surface area is 109 Å². The zero-order valence-corrected chi connectivity index (χ0v) is 11.0. The molecule has 0 atom stereocenters. The van der Waals surface area contributed by atoms with E-state index < -0.39 is 5.54 Å². The molecule has 1 aliphatic carbocycles. The standard InChI is InChI=1S/C16H21NO/c1-2-3-5-13-6-8-14(9-7-13)12-15(18)16(17)10-4-11-16/h3,5-9H,2,4,10-12,17H2,1H3/b5-3+. The predicted molar refractivity (Wildman–Crippen MR) is 75.2 cm³/mol. The molecule has 1 aromatic carbocycles. The Morgan fingerprint density at radius 2 is 2.00 bits per heavy atom. The Morgan fingerprint density at radius 1 is 1.33 bits per heavy atom. The van der Waals surface area contributed by atoms with E-state index in [-0.39, 0.29) is 5.78 Å². The van der Waals surface area contributed by atoms with Crippen molar-refractivity contribution in [2.24, 2.45) is 5.73 Å². The Hall–Kier alpha value is -1.41. The Balaban J connectivity index is 1.98. The fraction of sp³-hybridized carbons (Fsp3) is 0.438. The third-order valence-corrected chi connectivity index (χ3v) is 3.69. The first-order valence-corrected chi connectivity index (χ1v) is 6.72. The smallest absolute Gasteiger partial charge is 0.156 e. The summed E-state index contributed by atoms with van der Waals surface area (Å²) in [4.78, 5) is 12.0. The van der Waals surface area contributed by atoms with Crippen LogP contribution in [0.15, 0.2) is 30.3 Å². The van der Waals surface area contributed by atoms with Crippen LogP contribution in [-0.2, 0) is 11.2 Å². The third-order valence-electron chi connectivity index (χ3n) is 3.69. The van der Waals surface area contributed by atoms with Gasteiger partial charge in [-0.3, -0.25) is 4.79 Å². The lowest BCUT2D eigenvalue weighted by Crippen LogP contribution is -2.54. The molecule has 1 aromatic rings. The molecule has 0 amide bonds. The number of ketones is 1. The first kappa shape index (κ1) is 13.0. The van der Waals surface area contributed by atoms with Gasteiger partial charge in [-0.05, 0) is 36.8 Å². The molecule has 0 radical (unpaired) electrons. The fourth-order valence-electron chi connectivity index (χ4n) is 2.20. The van der Waals surface area contributed by atoms with Gasteiger partial charge < -0.3 is 5.73 Å². The van der Waals surface area contributed by atoms with Gasteiger partial charge in [0.25, 0.3) is 0 Å². The Kier molecular flexibility index (Phi) is 3.97. The van der Waals surface area contributed by atoms with Crippen molar-refractivity contribution in [1.82, 2.24) is 0 Å². The van der Waals surface area contributed by atoms with Crippen molar-refractivity contribution in [2.45, 2.75) is 44.6 Å². The number of carbonyl (C=O) groups is 1. The minimum Gasteiger partial charge on any atom is -0.319 e. The summed E-state index contributed by atoms with van der Waals surface area (Å²) in [5.41, 5.74) is 7.74. The normalized spacial score (nSPS) is 17.7. The molecule has 0 heterocycles. The third kappa shape index (κ3) is 2.88. The first-order chi connectivity index (χ1) is 8.64. The molecule has 2 heteroatoms. The van der Waals surface area contributed by atoms with E-state index >= 15 is 0 Å². The van der Waals surface area contributed by atoms with Gasteiger partial charge in [0.15, 0.2) is 5.78 Å². The van der Waals surface area contributed by atoms with Crippen LogP contribution in [0.4, 0.5) is 0 Å². The second kappa shape index (κ2) is 5.49. The lowest BCUT2D eigenvalue weighted by Gasteiger charge is -2.36. The highest BCUT2D eigenvalue weighted by molar-refractivity contribution is 5.90. The van der Waals surface area contributed by atoms with Crippen LogP contribution in [-0.4, -0.2) is 11.3 Å². The summed E-state index contributed by atoms with van der Waals surface area (Å²) in [5, 5.41) is 0. The molecular weight excluding hydrogens is 222 g/mol. The van der Waals surface area contributed by atoms with Gasteiger partial charge in [-0.15, -0.1) is 0 Å². The molecule has 1 fully saturated rings. The van der Waals surface area contributed by atoms with Crippen LogP contribution in [0, 0.1) is 0 Å². The number of rotatable bonds is 5. The molecule has 1 aliphatic rings. The summed E-state index contributed by atoms with van der Waals surface area (Å²) in [6.45, 7) is 2.11. The van der Waals surface area contributed by atoms with Crippen molar-refractivity contribution < 1.29 is 4.79 Å². The zero-order valence-electron chi connectivity index (χ0n) is 11.0. The van der Waals surface area contributed by atoms with Crippen LogP contribution < -0.4 is 5.73 Å². The fourth-order valence-corrected chi connectivity index (χ4v) is 2.20. The molecule has 1 saturated carbocycles. The van der Waals surface area contributed by atoms with Crippen molar-refractivity contribution in [1.29, 1.82) is 0 Å². The maximum atomic E-state index is 12.0. The minimum absolute atomic E-state index is 0.186. The van der Waals surface area contributed by atoms with Crippen molar-refractivity contribution in [2.75, 3.05) is 0 Å². The monoisotopic (exact) mass is 243 g/mol. The first-order valence-electron chi connectivity index (χ1n) is 6.72. The molecule has 18 heavy (non-hydrogen) atoms. The average molecular weight is 243 g/mol. The SMILES string of the molecule is CC/C=C/c1ccc(CC(=O)C2(N)CCC2)cc1. The topological polar surface area (TPSA) is 43.1 Å². The van der Waals surface area contributed by atoms with Crippen LogP contribution >= 0.6 is 0 Å². The number of carbonyl (C=O) groups excluding carboxylic acids is 1. The highest BCUT2D eigenvalue weighted by Gasteiger charge is 2.39. The maximum Gasteiger partial charge on any atom is 0.156 e. The van der Waals surface area contributed by atoms with Crippen molar-refractivity contribution in [3.05, 3.63) is 41.5 Å². The summed E-state index contributed by atoms with van der Waals surface area (Å²) in [6.07, 6.45) is 8.52. The Bertz CT molecular complexity index is 441. The molecule has 2 rings (SSSR count). The Morgan fingerprint density at radius 3 is 2.50 bits per heavy atom. The lowest BCUT2D eigenvalue weighted by atomic mass is 9.73. The second-order valence-electron chi connectivity index (χ2n) is 5.16. The van der Waals surface area contributed by atoms with E-state index in [4.69, 9.17) is 5.73 Å². The van der Waals surface area contributed by atoms with Crippen molar-refractivity contribution in [3.63, 3.8) is 0 Å². The summed E-state index contributed by atoms with van der Waals surface area (Å²) in [6, 6.07) is 8.15. The van der Waals surface area contributed by atoms with Crippen LogP contribution in [0.3, 0.4) is 0 Å². The van der Waals surface area contributed by atoms with Gasteiger partial charge in [0.05, 0.1) is 5.54 Å². The highest BCUT2D eigenvalue weighted by atomic mass is 16.1. The van der Waals surface area contributed by atoms with E-state index in [1.807, 2.05) is 12.1 Å². The maximum absolute atomic E-state index is 12.0. The number of benzene rings is 1. The van der Waals surface area contributed by atoms with E-state index in [2.05, 4.69) is 31.2 Å². The quantitative estimate of drug-likeness (QED) is 0.863. The van der Waals surface area contributed by atoms with Gasteiger partial charge >= 0.3 is 0 Å². The molecule has 0 saturated heterocycles. The van der Waals surface area contributed by atoms with Crippen LogP contribution in [0.1, 0.15) is 43.7 Å². The molecule has 2 nitrogen and oxygen atoms in total. The summed E-state index contributed by atoms with van der Waals surface area (Å²) < 4.78 is 0. The van der Waals surface area contributed by atoms with Gasteiger partial charge in [0.2, 0.25) is 0 Å². The van der Waals surface area contributed by atoms with Gasteiger partial charge in [0, 0.05) is 6.42 Å². The predicted octanol–water partition coefficient (Wildman–Crippen LogP) is 3.10. The molecule has 0 bridgehead atoms. The van der Waals surface area contributed by atoms with Crippen LogP contribution in [0.25, 0.3) is 6.08 Å². The van der Waals surface area contributed by atoms with Gasteiger partial charge in [-0.2, -0.15) is 0 Å². The van der Waals surface area contributed by atoms with E-state index in [0.29, 0.717) is 6.42 Å². The number of hydrogen-bond acceptors (Lipinski definition) is 2. The van der Waals surface area contributed by atoms with Gasteiger partial charge in [-0.25, -0.2) is 0 Å². The summed E-state index contributed by atoms with van der Waals surface area (Å²) >= 11 is 0. The average Bonchev–Trinajstić information content (AvgIpc) is 2.35. The van der Waals surface area contributed by atoms with Gasteiger partial charge in [0.1, 0.15) is 0 Å². The molecule has 0 aromatic heterocycles. The zero-order chi connectivity index (χ0) is 13.0. The molecule has 96 valence electrons. The highest BCUT2D eigenvalue weighted by Crippen LogP contribution is 2.30. The molecule has 2 N–H and O–H groups in total. The molecular formula is C16H21NO.